The van der Waals surface area contributed by atoms with Crippen LogP contribution in [0.3, 0.4) is 0 Å². The van der Waals surface area contributed by atoms with Crippen LogP contribution in [0.5, 0.6) is 0 Å². The summed E-state index contributed by atoms with van der Waals surface area (Å²) >= 11 is 5.97. The summed E-state index contributed by atoms with van der Waals surface area (Å²) in [5.41, 5.74) is 3.86. The number of aromatic nitrogens is 4. The van der Waals surface area contributed by atoms with Gasteiger partial charge in [-0.25, -0.2) is 23.4 Å². The molecule has 0 saturated heterocycles. The Morgan fingerprint density at radius 3 is 2.41 bits per heavy atom. The third-order valence-corrected chi connectivity index (χ3v) is 5.72. The monoisotopic (exact) mass is 424 g/mol. The van der Waals surface area contributed by atoms with Crippen LogP contribution in [0.1, 0.15) is 5.69 Å². The first-order chi connectivity index (χ1) is 13.8. The van der Waals surface area contributed by atoms with Crippen LogP contribution in [0.15, 0.2) is 72.0 Å². The topological polar surface area (TPSA) is 77.7 Å². The number of halogens is 1. The molecule has 0 aliphatic rings. The van der Waals surface area contributed by atoms with Crippen molar-refractivity contribution in [2.45, 2.75) is 11.8 Å². The summed E-state index contributed by atoms with van der Waals surface area (Å²) in [6.07, 6.45) is 4.58. The fourth-order valence-corrected chi connectivity index (χ4v) is 3.70. The Balaban J connectivity index is 1.73. The molecule has 0 aliphatic carbocycles. The van der Waals surface area contributed by atoms with Gasteiger partial charge in [-0.15, -0.1) is 0 Å². The lowest BCUT2D eigenvalue weighted by Crippen LogP contribution is -2.01. The molecule has 0 saturated carbocycles. The van der Waals surface area contributed by atoms with Gasteiger partial charge in [0.25, 0.3) is 0 Å². The predicted molar refractivity (Wildman–Crippen MR) is 113 cm³/mol. The second kappa shape index (κ2) is 7.42. The minimum atomic E-state index is -3.29. The molecule has 0 fully saturated rings. The smallest absolute Gasteiger partial charge is 0.235 e. The van der Waals surface area contributed by atoms with E-state index in [2.05, 4.69) is 15.0 Å². The Bertz CT molecular complexity index is 1300. The Hall–Kier alpha value is -3.03. The third kappa shape index (κ3) is 4.21. The van der Waals surface area contributed by atoms with Crippen molar-refractivity contribution in [2.24, 2.45) is 0 Å². The lowest BCUT2D eigenvalue weighted by Gasteiger charge is -2.06. The summed E-state index contributed by atoms with van der Waals surface area (Å²) in [5.74, 6) is 0.480. The average molecular weight is 425 g/mol. The molecule has 0 aliphatic heterocycles. The van der Waals surface area contributed by atoms with Crippen LogP contribution in [0.2, 0.25) is 5.02 Å². The fraction of sp³-hybridized carbons (Fsp3) is 0.0952. The first-order valence-electron chi connectivity index (χ1n) is 8.76. The van der Waals surface area contributed by atoms with E-state index in [1.54, 1.807) is 35.3 Å². The van der Waals surface area contributed by atoms with E-state index in [1.165, 1.54) is 6.26 Å². The largest absolute Gasteiger partial charge is 0.274 e. The number of sulfone groups is 1. The molecule has 8 heteroatoms. The summed E-state index contributed by atoms with van der Waals surface area (Å²) in [7, 11) is -3.29. The molecule has 2 aromatic carbocycles. The zero-order valence-electron chi connectivity index (χ0n) is 15.7. The highest BCUT2D eigenvalue weighted by atomic mass is 35.5. The Labute approximate surface area is 173 Å². The van der Waals surface area contributed by atoms with Crippen molar-refractivity contribution in [3.63, 3.8) is 0 Å². The van der Waals surface area contributed by atoms with E-state index in [9.17, 15) is 8.42 Å². The van der Waals surface area contributed by atoms with Crippen molar-refractivity contribution in [1.82, 2.24) is 19.5 Å². The quantitative estimate of drug-likeness (QED) is 0.486. The summed E-state index contributed by atoms with van der Waals surface area (Å²) in [4.78, 5) is 13.8. The maximum absolute atomic E-state index is 11.8. The van der Waals surface area contributed by atoms with E-state index >= 15 is 0 Å². The second-order valence-corrected chi connectivity index (χ2v) is 9.12. The van der Waals surface area contributed by atoms with Gasteiger partial charge in [-0.3, -0.25) is 4.57 Å². The van der Waals surface area contributed by atoms with E-state index in [-0.39, 0.29) is 4.90 Å². The Morgan fingerprint density at radius 2 is 1.69 bits per heavy atom. The lowest BCUT2D eigenvalue weighted by molar-refractivity contribution is 0.602. The summed E-state index contributed by atoms with van der Waals surface area (Å²) in [6, 6.07) is 16.0. The highest BCUT2D eigenvalue weighted by Gasteiger charge is 2.12. The van der Waals surface area contributed by atoms with Gasteiger partial charge in [-0.05, 0) is 37.3 Å². The molecular formula is C21H17ClN4O2S. The molecule has 0 radical (unpaired) electrons. The number of rotatable bonds is 4. The molecule has 4 rings (SSSR count). The van der Waals surface area contributed by atoms with Gasteiger partial charge in [0.1, 0.15) is 6.33 Å². The van der Waals surface area contributed by atoms with Crippen molar-refractivity contribution in [1.29, 1.82) is 0 Å². The zero-order valence-corrected chi connectivity index (χ0v) is 17.3. The van der Waals surface area contributed by atoms with E-state index < -0.39 is 9.84 Å². The van der Waals surface area contributed by atoms with E-state index in [1.807, 2.05) is 43.3 Å². The van der Waals surface area contributed by atoms with Crippen LogP contribution in [0.25, 0.3) is 28.5 Å². The molecule has 2 heterocycles. The number of imidazole rings is 1. The van der Waals surface area contributed by atoms with Crippen LogP contribution >= 0.6 is 11.6 Å². The van der Waals surface area contributed by atoms with Crippen LogP contribution < -0.4 is 0 Å². The molecule has 29 heavy (non-hydrogen) atoms. The van der Waals surface area contributed by atoms with Crippen LogP contribution in [-0.4, -0.2) is 34.2 Å². The molecule has 6 nitrogen and oxygen atoms in total. The molecule has 0 atom stereocenters. The first kappa shape index (κ1) is 19.3. The van der Waals surface area contributed by atoms with Crippen molar-refractivity contribution in [3.05, 3.63) is 77.8 Å². The summed E-state index contributed by atoms with van der Waals surface area (Å²) in [6.45, 7) is 1.90. The molecule has 2 aromatic heterocycles. The molecule has 0 unspecified atom stereocenters. The van der Waals surface area contributed by atoms with Crippen molar-refractivity contribution in [3.8, 4) is 28.5 Å². The van der Waals surface area contributed by atoms with Gasteiger partial charge in [0.15, 0.2) is 9.84 Å². The highest BCUT2D eigenvalue weighted by molar-refractivity contribution is 7.90. The van der Waals surface area contributed by atoms with Gasteiger partial charge in [-0.2, -0.15) is 0 Å². The Kier molecular flexibility index (Phi) is 4.94. The first-order valence-corrected chi connectivity index (χ1v) is 11.0. The maximum Gasteiger partial charge on any atom is 0.235 e. The van der Waals surface area contributed by atoms with Gasteiger partial charge in [0.05, 0.1) is 16.3 Å². The fourth-order valence-electron chi connectivity index (χ4n) is 2.90. The van der Waals surface area contributed by atoms with E-state index in [4.69, 9.17) is 11.6 Å². The average Bonchev–Trinajstić information content (AvgIpc) is 3.18. The predicted octanol–water partition coefficient (Wildman–Crippen LogP) is 4.36. The molecule has 0 spiro atoms. The van der Waals surface area contributed by atoms with Crippen LogP contribution in [0, 0.1) is 6.92 Å². The number of aryl methyl sites for hydroxylation is 1. The lowest BCUT2D eigenvalue weighted by atomic mass is 10.1. The van der Waals surface area contributed by atoms with Crippen molar-refractivity contribution >= 4 is 21.4 Å². The second-order valence-electron chi connectivity index (χ2n) is 6.67. The van der Waals surface area contributed by atoms with Crippen LogP contribution in [-0.2, 0) is 9.84 Å². The summed E-state index contributed by atoms with van der Waals surface area (Å²) in [5, 5.41) is 0.662. The molecule has 146 valence electrons. The van der Waals surface area contributed by atoms with Gasteiger partial charge in [0.2, 0.25) is 5.95 Å². The maximum atomic E-state index is 11.8. The van der Waals surface area contributed by atoms with Gasteiger partial charge >= 0.3 is 0 Å². The number of hydrogen-bond donors (Lipinski definition) is 0. The third-order valence-electron chi connectivity index (χ3n) is 4.35. The molecule has 0 N–H and O–H groups in total. The van der Waals surface area contributed by atoms with Crippen molar-refractivity contribution < 1.29 is 8.42 Å². The highest BCUT2D eigenvalue weighted by Crippen LogP contribution is 2.24. The Morgan fingerprint density at radius 1 is 0.931 bits per heavy atom. The standard InChI is InChI=1S/C21H17ClN4O2S/c1-14-10-19(15-6-8-17(22)9-7-15)25-21(24-14)26-12-20(23-13-26)16-4-3-5-18(11-16)29(2,27)28/h3-13H,1-2H3. The SMILES string of the molecule is Cc1cc(-c2ccc(Cl)cc2)nc(-n2cnc(-c3cccc(S(C)(=O)=O)c3)c2)n1. The van der Waals surface area contributed by atoms with Gasteiger partial charge < -0.3 is 0 Å². The molecule has 4 aromatic rings. The molecular weight excluding hydrogens is 408 g/mol. The van der Waals surface area contributed by atoms with Gasteiger partial charge in [0, 0.05) is 34.3 Å². The van der Waals surface area contributed by atoms with E-state index in [0.29, 0.717) is 22.2 Å². The molecule has 0 amide bonds. The minimum Gasteiger partial charge on any atom is -0.274 e. The summed E-state index contributed by atoms with van der Waals surface area (Å²) < 4.78 is 25.4. The number of benzene rings is 2. The number of nitrogens with zero attached hydrogens (tertiary/aromatic N) is 4. The van der Waals surface area contributed by atoms with Crippen LogP contribution in [0.4, 0.5) is 0 Å². The van der Waals surface area contributed by atoms with Gasteiger partial charge in [-0.1, -0.05) is 35.9 Å². The normalized spacial score (nSPS) is 11.6. The van der Waals surface area contributed by atoms with E-state index in [0.717, 1.165) is 17.0 Å². The van der Waals surface area contributed by atoms with Crippen molar-refractivity contribution in [2.75, 3.05) is 6.26 Å². The minimum absolute atomic E-state index is 0.251. The molecule has 0 bridgehead atoms. The zero-order chi connectivity index (χ0) is 20.6. The number of hydrogen-bond acceptors (Lipinski definition) is 5.